The summed E-state index contributed by atoms with van der Waals surface area (Å²) < 4.78 is 0. The number of anilines is 1. The third-order valence-electron chi connectivity index (χ3n) is 2.14. The van der Waals surface area contributed by atoms with E-state index in [1.54, 1.807) is 0 Å². The summed E-state index contributed by atoms with van der Waals surface area (Å²) in [6.07, 6.45) is 0. The summed E-state index contributed by atoms with van der Waals surface area (Å²) in [6.45, 7) is 6.96. The van der Waals surface area contributed by atoms with E-state index in [1.165, 1.54) is 25.1 Å². The summed E-state index contributed by atoms with van der Waals surface area (Å²) in [6, 6.07) is 3.90. The maximum Gasteiger partial charge on any atom is 0.319 e. The number of phenolic OH excluding ortho intramolecular Hbond substituents is 1. The summed E-state index contributed by atoms with van der Waals surface area (Å²) in [5, 5.41) is 14.8. The minimum absolute atomic E-state index is 0.0796. The maximum absolute atomic E-state index is 11.6. The number of Topliss-reactive ketones (excluding diaryl/α,β-unsaturated/α-hetero) is 1. The number of rotatable bonds is 2. The molecule has 0 heterocycles. The van der Waals surface area contributed by atoms with Gasteiger partial charge in [0.1, 0.15) is 5.75 Å². The van der Waals surface area contributed by atoms with Crippen molar-refractivity contribution in [2.75, 3.05) is 5.32 Å². The van der Waals surface area contributed by atoms with Crippen LogP contribution in [0, 0.1) is 0 Å². The van der Waals surface area contributed by atoms with Crippen LogP contribution in [-0.2, 0) is 0 Å². The van der Waals surface area contributed by atoms with Crippen molar-refractivity contribution in [3.05, 3.63) is 23.8 Å². The van der Waals surface area contributed by atoms with Crippen molar-refractivity contribution in [1.82, 2.24) is 5.32 Å². The molecule has 0 aliphatic heterocycles. The second-order valence-electron chi connectivity index (χ2n) is 5.12. The fraction of sp³-hybridized carbons (Fsp3) is 0.385. The fourth-order valence-electron chi connectivity index (χ4n) is 1.35. The molecular formula is C13H18N2O3. The van der Waals surface area contributed by atoms with E-state index < -0.39 is 6.03 Å². The Kier molecular flexibility index (Phi) is 3.96. The average Bonchev–Trinajstić information content (AvgIpc) is 2.18. The molecule has 1 aromatic rings. The number of amides is 2. The van der Waals surface area contributed by atoms with Crippen molar-refractivity contribution in [3.63, 3.8) is 0 Å². The molecule has 5 nitrogen and oxygen atoms in total. The van der Waals surface area contributed by atoms with Gasteiger partial charge in [-0.25, -0.2) is 4.79 Å². The van der Waals surface area contributed by atoms with Crippen LogP contribution in [0.25, 0.3) is 0 Å². The van der Waals surface area contributed by atoms with Gasteiger partial charge >= 0.3 is 6.03 Å². The molecule has 0 aliphatic carbocycles. The smallest absolute Gasteiger partial charge is 0.319 e. The molecule has 0 bridgehead atoms. The minimum atomic E-state index is -0.432. The van der Waals surface area contributed by atoms with Gasteiger partial charge in [-0.2, -0.15) is 0 Å². The van der Waals surface area contributed by atoms with E-state index in [4.69, 9.17) is 0 Å². The molecule has 2 amide bonds. The lowest BCUT2D eigenvalue weighted by molar-refractivity contribution is 0.101. The molecule has 0 unspecified atom stereocenters. The minimum Gasteiger partial charge on any atom is -0.506 e. The van der Waals surface area contributed by atoms with Crippen LogP contribution >= 0.6 is 0 Å². The van der Waals surface area contributed by atoms with Crippen LogP contribution in [0.5, 0.6) is 5.75 Å². The van der Waals surface area contributed by atoms with E-state index in [0.717, 1.165) is 0 Å². The van der Waals surface area contributed by atoms with Gasteiger partial charge in [0.05, 0.1) is 5.69 Å². The molecule has 0 saturated carbocycles. The van der Waals surface area contributed by atoms with Crippen molar-refractivity contribution in [2.45, 2.75) is 33.2 Å². The first-order valence-corrected chi connectivity index (χ1v) is 5.62. The number of benzene rings is 1. The molecule has 0 spiro atoms. The number of carbonyl (C=O) groups is 2. The number of nitrogens with one attached hydrogen (secondary N) is 2. The number of urea groups is 1. The van der Waals surface area contributed by atoms with Crippen molar-refractivity contribution in [3.8, 4) is 5.75 Å². The highest BCUT2D eigenvalue weighted by Crippen LogP contribution is 2.24. The molecule has 5 heteroatoms. The molecule has 3 N–H and O–H groups in total. The van der Waals surface area contributed by atoms with Crippen LogP contribution in [0.3, 0.4) is 0 Å². The van der Waals surface area contributed by atoms with Crippen LogP contribution in [0.2, 0.25) is 0 Å². The van der Waals surface area contributed by atoms with Gasteiger partial charge in [-0.15, -0.1) is 0 Å². The van der Waals surface area contributed by atoms with E-state index in [-0.39, 0.29) is 22.8 Å². The molecule has 0 saturated heterocycles. The normalized spacial score (nSPS) is 10.9. The lowest BCUT2D eigenvalue weighted by Gasteiger charge is -2.21. The SMILES string of the molecule is CC(=O)c1ccc(O)c(NC(=O)NC(C)(C)C)c1. The van der Waals surface area contributed by atoms with Crippen LogP contribution in [0.1, 0.15) is 38.1 Å². The zero-order valence-electron chi connectivity index (χ0n) is 11.0. The van der Waals surface area contributed by atoms with E-state index in [2.05, 4.69) is 10.6 Å². The predicted molar refractivity (Wildman–Crippen MR) is 70.0 cm³/mol. The quantitative estimate of drug-likeness (QED) is 0.557. The largest absolute Gasteiger partial charge is 0.506 e. The molecule has 1 rings (SSSR count). The predicted octanol–water partition coefficient (Wildman–Crippen LogP) is 2.51. The summed E-state index contributed by atoms with van der Waals surface area (Å²) in [7, 11) is 0. The van der Waals surface area contributed by atoms with Gasteiger partial charge in [0, 0.05) is 11.1 Å². The van der Waals surface area contributed by atoms with Crippen molar-refractivity contribution in [1.29, 1.82) is 0 Å². The fourth-order valence-corrected chi connectivity index (χ4v) is 1.35. The van der Waals surface area contributed by atoms with Gasteiger partial charge in [-0.05, 0) is 45.9 Å². The Bertz CT molecular complexity index is 476. The van der Waals surface area contributed by atoms with Gasteiger partial charge in [0.2, 0.25) is 0 Å². The van der Waals surface area contributed by atoms with Crippen molar-refractivity contribution < 1.29 is 14.7 Å². The maximum atomic E-state index is 11.6. The lowest BCUT2D eigenvalue weighted by atomic mass is 10.1. The second-order valence-corrected chi connectivity index (χ2v) is 5.12. The number of hydrogen-bond donors (Lipinski definition) is 3. The molecule has 98 valence electrons. The monoisotopic (exact) mass is 250 g/mol. The van der Waals surface area contributed by atoms with Gasteiger partial charge in [0.25, 0.3) is 0 Å². The van der Waals surface area contributed by atoms with E-state index in [0.29, 0.717) is 5.56 Å². The van der Waals surface area contributed by atoms with Crippen LogP contribution < -0.4 is 10.6 Å². The van der Waals surface area contributed by atoms with Crippen LogP contribution in [0.4, 0.5) is 10.5 Å². The Morgan fingerprint density at radius 2 is 1.83 bits per heavy atom. The summed E-state index contributed by atoms with van der Waals surface area (Å²) in [5.41, 5.74) is 0.265. The first kappa shape index (κ1) is 14.0. The molecule has 0 aliphatic rings. The molecule has 0 atom stereocenters. The van der Waals surface area contributed by atoms with Crippen LogP contribution in [0.15, 0.2) is 18.2 Å². The number of carbonyl (C=O) groups excluding carboxylic acids is 2. The molecular weight excluding hydrogens is 232 g/mol. The Morgan fingerprint density at radius 1 is 1.22 bits per heavy atom. The molecule has 0 fully saturated rings. The molecule has 18 heavy (non-hydrogen) atoms. The third kappa shape index (κ3) is 4.08. The highest BCUT2D eigenvalue weighted by atomic mass is 16.3. The molecule has 0 radical (unpaired) electrons. The number of hydrogen-bond acceptors (Lipinski definition) is 3. The van der Waals surface area contributed by atoms with E-state index >= 15 is 0 Å². The first-order chi connectivity index (χ1) is 8.19. The Hall–Kier alpha value is -2.04. The topological polar surface area (TPSA) is 78.4 Å². The van der Waals surface area contributed by atoms with E-state index in [9.17, 15) is 14.7 Å². The van der Waals surface area contributed by atoms with Gasteiger partial charge < -0.3 is 15.7 Å². The number of ketones is 1. The summed E-state index contributed by atoms with van der Waals surface area (Å²) in [4.78, 5) is 22.9. The average molecular weight is 250 g/mol. The van der Waals surface area contributed by atoms with Crippen molar-refractivity contribution in [2.24, 2.45) is 0 Å². The van der Waals surface area contributed by atoms with Crippen molar-refractivity contribution >= 4 is 17.5 Å². The first-order valence-electron chi connectivity index (χ1n) is 5.62. The third-order valence-corrected chi connectivity index (χ3v) is 2.14. The zero-order chi connectivity index (χ0) is 13.9. The Balaban J connectivity index is 2.87. The van der Waals surface area contributed by atoms with Gasteiger partial charge in [0.15, 0.2) is 5.78 Å². The standard InChI is InChI=1S/C13H18N2O3/c1-8(16)9-5-6-11(17)10(7-9)14-12(18)15-13(2,3)4/h5-7,17H,1-4H3,(H2,14,15,18). The number of phenols is 1. The van der Waals surface area contributed by atoms with E-state index in [1.807, 2.05) is 20.8 Å². The zero-order valence-corrected chi connectivity index (χ0v) is 11.0. The summed E-state index contributed by atoms with van der Waals surface area (Å²) in [5.74, 6) is -0.210. The Labute approximate surface area is 106 Å². The highest BCUT2D eigenvalue weighted by molar-refractivity contribution is 5.97. The highest BCUT2D eigenvalue weighted by Gasteiger charge is 2.15. The lowest BCUT2D eigenvalue weighted by Crippen LogP contribution is -2.43. The molecule has 0 aromatic heterocycles. The number of aromatic hydroxyl groups is 1. The van der Waals surface area contributed by atoms with Gasteiger partial charge in [-0.3, -0.25) is 4.79 Å². The summed E-state index contributed by atoms with van der Waals surface area (Å²) >= 11 is 0. The van der Waals surface area contributed by atoms with Gasteiger partial charge in [-0.1, -0.05) is 0 Å². The Morgan fingerprint density at radius 3 is 2.33 bits per heavy atom. The molecule has 1 aromatic carbocycles. The van der Waals surface area contributed by atoms with Crippen LogP contribution in [-0.4, -0.2) is 22.5 Å². The second kappa shape index (κ2) is 5.08.